The number of benzene rings is 1. The highest BCUT2D eigenvalue weighted by Gasteiger charge is 2.23. The van der Waals surface area contributed by atoms with Crippen LogP contribution in [0.25, 0.3) is 0 Å². The van der Waals surface area contributed by atoms with Gasteiger partial charge in [0.1, 0.15) is 0 Å². The fourth-order valence-electron chi connectivity index (χ4n) is 1.97. The Kier molecular flexibility index (Phi) is 2.81. The Morgan fingerprint density at radius 3 is 2.79 bits per heavy atom. The zero-order valence-corrected chi connectivity index (χ0v) is 8.11. The summed E-state index contributed by atoms with van der Waals surface area (Å²) in [5.74, 6) is 0.212. The average Bonchev–Trinajstić information content (AvgIpc) is 2.67. The maximum atomic E-state index is 8.76. The van der Waals surface area contributed by atoms with Crippen LogP contribution >= 0.6 is 0 Å². The normalized spacial score (nSPS) is 25.9. The van der Waals surface area contributed by atoms with Gasteiger partial charge in [-0.1, -0.05) is 30.3 Å². The molecule has 72 valence electrons. The van der Waals surface area contributed by atoms with Crippen LogP contribution in [0.5, 0.6) is 0 Å². The molecule has 0 unspecified atom stereocenters. The first kappa shape index (κ1) is 9.23. The van der Waals surface area contributed by atoms with E-state index in [9.17, 15) is 0 Å². The molecule has 2 atom stereocenters. The highest BCUT2D eigenvalue weighted by atomic mass is 14.9. The third kappa shape index (κ3) is 2.12. The van der Waals surface area contributed by atoms with E-state index in [-0.39, 0.29) is 5.92 Å². The summed E-state index contributed by atoms with van der Waals surface area (Å²) in [5.41, 5.74) is 1.35. The molecule has 1 aromatic carbocycles. The van der Waals surface area contributed by atoms with Gasteiger partial charge in [0.05, 0.1) is 12.0 Å². The fraction of sp³-hybridized carbons (Fsp3) is 0.417. The van der Waals surface area contributed by atoms with Crippen LogP contribution in [-0.2, 0) is 6.42 Å². The van der Waals surface area contributed by atoms with Crippen LogP contribution in [-0.4, -0.2) is 12.6 Å². The Hall–Kier alpha value is -1.33. The highest BCUT2D eigenvalue weighted by Crippen LogP contribution is 2.16. The lowest BCUT2D eigenvalue weighted by Crippen LogP contribution is -2.23. The van der Waals surface area contributed by atoms with Crippen molar-refractivity contribution in [1.29, 1.82) is 5.26 Å². The summed E-state index contributed by atoms with van der Waals surface area (Å²) in [5, 5.41) is 12.1. The molecule has 2 heteroatoms. The van der Waals surface area contributed by atoms with E-state index in [1.54, 1.807) is 0 Å². The van der Waals surface area contributed by atoms with E-state index in [4.69, 9.17) is 5.26 Å². The average molecular weight is 186 g/mol. The van der Waals surface area contributed by atoms with Crippen molar-refractivity contribution in [3.8, 4) is 6.07 Å². The molecule has 1 aliphatic heterocycles. The molecule has 0 aliphatic carbocycles. The van der Waals surface area contributed by atoms with Crippen LogP contribution in [0.15, 0.2) is 30.3 Å². The molecule has 14 heavy (non-hydrogen) atoms. The molecule has 0 bridgehead atoms. The van der Waals surface area contributed by atoms with Gasteiger partial charge in [-0.15, -0.1) is 0 Å². The lowest BCUT2D eigenvalue weighted by atomic mass is 10.0. The van der Waals surface area contributed by atoms with Crippen molar-refractivity contribution in [3.63, 3.8) is 0 Å². The van der Waals surface area contributed by atoms with Crippen LogP contribution in [0, 0.1) is 17.2 Å². The van der Waals surface area contributed by atoms with Crippen LogP contribution in [0.2, 0.25) is 0 Å². The van der Waals surface area contributed by atoms with Gasteiger partial charge in [0, 0.05) is 12.6 Å². The van der Waals surface area contributed by atoms with Crippen molar-refractivity contribution in [2.45, 2.75) is 18.9 Å². The third-order valence-corrected chi connectivity index (χ3v) is 2.73. The standard InChI is InChI=1S/C12H14N2/c13-8-11-7-12(14-9-11)6-10-4-2-1-3-5-10/h1-5,11-12,14H,6-7,9H2/t11-,12-/m0/s1. The number of nitrogens with zero attached hydrogens (tertiary/aromatic N) is 1. The van der Waals surface area contributed by atoms with Crippen LogP contribution in [0.4, 0.5) is 0 Å². The summed E-state index contributed by atoms with van der Waals surface area (Å²) >= 11 is 0. The number of hydrogen-bond donors (Lipinski definition) is 1. The molecule has 1 saturated heterocycles. The van der Waals surface area contributed by atoms with Gasteiger partial charge in [0.2, 0.25) is 0 Å². The first-order valence-electron chi connectivity index (χ1n) is 5.05. The predicted octanol–water partition coefficient (Wildman–Crippen LogP) is 1.73. The monoisotopic (exact) mass is 186 g/mol. The molecule has 1 aromatic rings. The van der Waals surface area contributed by atoms with Gasteiger partial charge < -0.3 is 5.32 Å². The van der Waals surface area contributed by atoms with E-state index < -0.39 is 0 Å². The van der Waals surface area contributed by atoms with E-state index in [0.29, 0.717) is 6.04 Å². The summed E-state index contributed by atoms with van der Waals surface area (Å²) in [6.07, 6.45) is 2.03. The highest BCUT2D eigenvalue weighted by molar-refractivity contribution is 5.16. The molecule has 1 aliphatic rings. The summed E-state index contributed by atoms with van der Waals surface area (Å²) in [4.78, 5) is 0. The molecule has 0 spiro atoms. The van der Waals surface area contributed by atoms with Crippen molar-refractivity contribution in [2.75, 3.05) is 6.54 Å². The SMILES string of the molecule is N#C[C@H]1CN[C@@H](Cc2ccccc2)C1. The van der Waals surface area contributed by atoms with Gasteiger partial charge in [-0.2, -0.15) is 5.26 Å². The van der Waals surface area contributed by atoms with Gasteiger partial charge in [-0.3, -0.25) is 0 Å². The molecule has 1 N–H and O–H groups in total. The van der Waals surface area contributed by atoms with Crippen molar-refractivity contribution < 1.29 is 0 Å². The number of hydrogen-bond acceptors (Lipinski definition) is 2. The topological polar surface area (TPSA) is 35.8 Å². The first-order chi connectivity index (χ1) is 6.88. The van der Waals surface area contributed by atoms with Crippen LogP contribution in [0.1, 0.15) is 12.0 Å². The van der Waals surface area contributed by atoms with Crippen molar-refractivity contribution in [1.82, 2.24) is 5.32 Å². The first-order valence-corrected chi connectivity index (χ1v) is 5.05. The van der Waals surface area contributed by atoms with Gasteiger partial charge in [0.15, 0.2) is 0 Å². The van der Waals surface area contributed by atoms with Gasteiger partial charge in [-0.25, -0.2) is 0 Å². The van der Waals surface area contributed by atoms with Gasteiger partial charge in [-0.05, 0) is 18.4 Å². The summed E-state index contributed by atoms with van der Waals surface area (Å²) in [7, 11) is 0. The molecule has 0 radical (unpaired) electrons. The zero-order chi connectivity index (χ0) is 9.80. The fourth-order valence-corrected chi connectivity index (χ4v) is 1.97. The largest absolute Gasteiger partial charge is 0.312 e. The number of nitriles is 1. The smallest absolute Gasteiger partial charge is 0.0669 e. The lowest BCUT2D eigenvalue weighted by Gasteiger charge is -2.09. The predicted molar refractivity (Wildman–Crippen MR) is 55.7 cm³/mol. The second kappa shape index (κ2) is 4.26. The minimum absolute atomic E-state index is 0.212. The van der Waals surface area contributed by atoms with Crippen LogP contribution in [0.3, 0.4) is 0 Å². The summed E-state index contributed by atoms with van der Waals surface area (Å²) < 4.78 is 0. The second-order valence-corrected chi connectivity index (χ2v) is 3.86. The summed E-state index contributed by atoms with van der Waals surface area (Å²) in [6, 6.07) is 13.2. The van der Waals surface area contributed by atoms with E-state index in [1.165, 1.54) is 5.56 Å². The van der Waals surface area contributed by atoms with Crippen molar-refractivity contribution in [3.05, 3.63) is 35.9 Å². The van der Waals surface area contributed by atoms with Gasteiger partial charge >= 0.3 is 0 Å². The maximum absolute atomic E-state index is 8.76. The van der Waals surface area contributed by atoms with E-state index >= 15 is 0 Å². The Bertz CT molecular complexity index is 326. The Labute approximate surface area is 84.6 Å². The van der Waals surface area contributed by atoms with E-state index in [1.807, 2.05) is 6.07 Å². The lowest BCUT2D eigenvalue weighted by molar-refractivity contribution is 0.596. The molecule has 0 aromatic heterocycles. The van der Waals surface area contributed by atoms with Gasteiger partial charge in [0.25, 0.3) is 0 Å². The van der Waals surface area contributed by atoms with Crippen molar-refractivity contribution in [2.24, 2.45) is 5.92 Å². The zero-order valence-electron chi connectivity index (χ0n) is 8.11. The Morgan fingerprint density at radius 1 is 1.36 bits per heavy atom. The molecular formula is C12H14N2. The Balaban J connectivity index is 1.91. The molecule has 0 amide bonds. The van der Waals surface area contributed by atoms with E-state index in [0.717, 1.165) is 19.4 Å². The van der Waals surface area contributed by atoms with Crippen molar-refractivity contribution >= 4 is 0 Å². The minimum atomic E-state index is 0.212. The van der Waals surface area contributed by atoms with E-state index in [2.05, 4.69) is 35.7 Å². The maximum Gasteiger partial charge on any atom is 0.0669 e. The molecular weight excluding hydrogens is 172 g/mol. The molecule has 2 nitrogen and oxygen atoms in total. The molecule has 0 saturated carbocycles. The Morgan fingerprint density at radius 2 is 2.14 bits per heavy atom. The number of nitrogens with one attached hydrogen (secondary N) is 1. The third-order valence-electron chi connectivity index (χ3n) is 2.73. The molecule has 1 fully saturated rings. The molecule has 2 rings (SSSR count). The quantitative estimate of drug-likeness (QED) is 0.763. The summed E-state index contributed by atoms with van der Waals surface area (Å²) in [6.45, 7) is 0.855. The number of rotatable bonds is 2. The molecule has 1 heterocycles. The van der Waals surface area contributed by atoms with Crippen LogP contribution < -0.4 is 5.32 Å². The second-order valence-electron chi connectivity index (χ2n) is 3.86. The minimum Gasteiger partial charge on any atom is -0.312 e.